The first kappa shape index (κ1) is 24.5. The van der Waals surface area contributed by atoms with Crippen LogP contribution in [-0.4, -0.2) is 42.5 Å². The van der Waals surface area contributed by atoms with Crippen LogP contribution in [0.15, 0.2) is 41.0 Å². The number of hydrogen-bond donors (Lipinski definition) is 0. The normalized spacial score (nSPS) is 19.7. The predicted molar refractivity (Wildman–Crippen MR) is 138 cm³/mol. The van der Waals surface area contributed by atoms with Gasteiger partial charge in [0.2, 0.25) is 0 Å². The minimum atomic E-state index is 0.142. The second-order valence-corrected chi connectivity index (χ2v) is 9.45. The summed E-state index contributed by atoms with van der Waals surface area (Å²) in [6.07, 6.45) is 12.9. The minimum absolute atomic E-state index is 0.142. The molecule has 2 unspecified atom stereocenters. The van der Waals surface area contributed by atoms with Crippen molar-refractivity contribution in [2.75, 3.05) is 26.1 Å². The molecular weight excluding hydrogens is 432 g/mol. The Bertz CT molecular complexity index is 975. The highest BCUT2D eigenvalue weighted by Crippen LogP contribution is 2.36. The molecule has 6 heteroatoms. The van der Waals surface area contributed by atoms with E-state index in [2.05, 4.69) is 48.8 Å². The average molecular weight is 471 g/mol. The van der Waals surface area contributed by atoms with E-state index in [0.717, 1.165) is 58.3 Å². The second-order valence-electron chi connectivity index (χ2n) is 8.92. The topological polar surface area (TPSA) is 45.0 Å². The lowest BCUT2D eigenvalue weighted by atomic mass is 10.0. The van der Waals surface area contributed by atoms with Crippen LogP contribution in [0.4, 0.5) is 0 Å². The number of nitrogens with zero attached hydrogens (tertiary/aromatic N) is 2. The van der Waals surface area contributed by atoms with Gasteiger partial charge in [0.25, 0.3) is 0 Å². The summed E-state index contributed by atoms with van der Waals surface area (Å²) in [7, 11) is 0. The van der Waals surface area contributed by atoms with Crippen molar-refractivity contribution < 1.29 is 13.7 Å². The third-order valence-electron chi connectivity index (χ3n) is 6.54. The maximum absolute atomic E-state index is 6.21. The van der Waals surface area contributed by atoms with E-state index < -0.39 is 0 Å². The van der Waals surface area contributed by atoms with Gasteiger partial charge in [0.1, 0.15) is 6.23 Å². The third-order valence-corrected chi connectivity index (χ3v) is 7.06. The van der Waals surface area contributed by atoms with Gasteiger partial charge in [-0.05, 0) is 70.0 Å². The van der Waals surface area contributed by atoms with Gasteiger partial charge in [-0.3, -0.25) is 4.99 Å². The number of rotatable bonds is 12. The highest BCUT2D eigenvalue weighted by atomic mass is 32.2. The molecule has 2 aliphatic rings. The van der Waals surface area contributed by atoms with Crippen LogP contribution in [-0.2, 0) is 20.1 Å². The molecule has 4 rings (SSSR count). The Morgan fingerprint density at radius 2 is 2.12 bits per heavy atom. The molecule has 0 saturated carbocycles. The van der Waals surface area contributed by atoms with E-state index in [-0.39, 0.29) is 12.3 Å². The van der Waals surface area contributed by atoms with Crippen LogP contribution in [0.3, 0.4) is 0 Å². The quantitative estimate of drug-likeness (QED) is 0.251. The molecule has 0 N–H and O–H groups in total. The van der Waals surface area contributed by atoms with Gasteiger partial charge in [0, 0.05) is 54.8 Å². The zero-order chi connectivity index (χ0) is 23.0. The van der Waals surface area contributed by atoms with Gasteiger partial charge in [-0.2, -0.15) is 0 Å². The first-order valence-electron chi connectivity index (χ1n) is 12.5. The maximum atomic E-state index is 6.21. The Labute approximate surface area is 202 Å². The Morgan fingerprint density at radius 1 is 1.24 bits per heavy atom. The average Bonchev–Trinajstić information content (AvgIpc) is 3.43. The van der Waals surface area contributed by atoms with Gasteiger partial charge >= 0.3 is 0 Å². The van der Waals surface area contributed by atoms with E-state index in [9.17, 15) is 0 Å². The fourth-order valence-corrected chi connectivity index (χ4v) is 5.38. The summed E-state index contributed by atoms with van der Waals surface area (Å²) in [6.45, 7) is 6.71. The molecule has 1 fully saturated rings. The first-order chi connectivity index (χ1) is 16.2. The Balaban J connectivity index is 1.42. The summed E-state index contributed by atoms with van der Waals surface area (Å²) in [5, 5.41) is 1.31. The Morgan fingerprint density at radius 3 is 2.91 bits per heavy atom. The third kappa shape index (κ3) is 5.91. The van der Waals surface area contributed by atoms with Gasteiger partial charge in [0.05, 0.1) is 17.3 Å². The van der Waals surface area contributed by atoms with Crippen LogP contribution < -0.4 is 0 Å². The maximum Gasteiger partial charge on any atom is 0.134 e. The smallest absolute Gasteiger partial charge is 0.134 e. The lowest BCUT2D eigenvalue weighted by molar-refractivity contribution is -0.0305. The Hall–Kier alpha value is -1.60. The summed E-state index contributed by atoms with van der Waals surface area (Å²) in [5.41, 5.74) is 6.37. The summed E-state index contributed by atoms with van der Waals surface area (Å²) in [6, 6.07) is 8.77. The van der Waals surface area contributed by atoms with Gasteiger partial charge in [-0.15, -0.1) is 0 Å². The summed E-state index contributed by atoms with van der Waals surface area (Å²) in [5.74, 6) is 0. The molecule has 0 spiro atoms. The Kier molecular flexibility index (Phi) is 9.07. The predicted octanol–water partition coefficient (Wildman–Crippen LogP) is 6.85. The van der Waals surface area contributed by atoms with Crippen LogP contribution in [0, 0.1) is 0 Å². The van der Waals surface area contributed by atoms with E-state index in [1.54, 1.807) is 0 Å². The number of aromatic nitrogens is 1. The molecule has 1 aromatic heterocycles. The van der Waals surface area contributed by atoms with Crippen molar-refractivity contribution in [3.63, 3.8) is 0 Å². The molecule has 0 amide bonds. The van der Waals surface area contributed by atoms with Crippen LogP contribution in [0.2, 0.25) is 0 Å². The van der Waals surface area contributed by atoms with Gasteiger partial charge < -0.3 is 18.2 Å². The van der Waals surface area contributed by atoms with E-state index in [1.165, 1.54) is 58.5 Å². The van der Waals surface area contributed by atoms with E-state index in [0.29, 0.717) is 0 Å². The zero-order valence-electron chi connectivity index (χ0n) is 20.3. The van der Waals surface area contributed by atoms with Gasteiger partial charge in [-0.1, -0.05) is 31.2 Å². The van der Waals surface area contributed by atoms with Crippen molar-refractivity contribution >= 4 is 28.7 Å². The fraction of sp³-hybridized carbons (Fsp3) is 0.593. The molecule has 3 heterocycles. The zero-order valence-corrected chi connectivity index (χ0v) is 21.2. The van der Waals surface area contributed by atoms with Crippen LogP contribution in [0.1, 0.15) is 76.3 Å². The highest BCUT2D eigenvalue weighted by molar-refractivity contribution is 7.93. The number of ether oxygens (including phenoxy) is 2. The van der Waals surface area contributed by atoms with Crippen LogP contribution >= 0.6 is 12.0 Å². The summed E-state index contributed by atoms with van der Waals surface area (Å²) >= 11 is 1.42. The molecular formula is C27H38N2O3S. The molecule has 2 atom stereocenters. The lowest BCUT2D eigenvalue weighted by Gasteiger charge is -2.27. The standard InChI is InChI=1S/C27H38N2O3S/c1-4-24-27(22-11-5-6-12-25(22)29(24)26-13-7-8-18-31-26)23-15-14-21(28-23)10-9-17-30-19-16-20(2)32-33-3/h5-6,11-12,14,20,26H,4,7-10,13,15-19H2,1-3H3. The van der Waals surface area contributed by atoms with Crippen molar-refractivity contribution in [3.8, 4) is 0 Å². The highest BCUT2D eigenvalue weighted by Gasteiger charge is 2.26. The molecule has 0 bridgehead atoms. The number of fused-ring (bicyclic) bond motifs is 1. The number of benzene rings is 1. The van der Waals surface area contributed by atoms with Crippen molar-refractivity contribution in [2.24, 2.45) is 4.99 Å². The largest absolute Gasteiger partial charge is 0.381 e. The van der Waals surface area contributed by atoms with Crippen molar-refractivity contribution in [1.29, 1.82) is 0 Å². The second kappa shape index (κ2) is 12.2. The number of aliphatic imine (C=N–C) groups is 1. The molecule has 2 aliphatic heterocycles. The molecule has 180 valence electrons. The van der Waals surface area contributed by atoms with Crippen molar-refractivity contribution in [1.82, 2.24) is 4.57 Å². The van der Waals surface area contributed by atoms with Crippen LogP contribution in [0.25, 0.3) is 10.9 Å². The monoisotopic (exact) mass is 470 g/mol. The van der Waals surface area contributed by atoms with Crippen molar-refractivity contribution in [2.45, 2.75) is 77.5 Å². The molecule has 2 aromatic rings. The van der Waals surface area contributed by atoms with Gasteiger partial charge in [0.15, 0.2) is 0 Å². The van der Waals surface area contributed by atoms with Gasteiger partial charge in [-0.25, -0.2) is 0 Å². The minimum Gasteiger partial charge on any atom is -0.381 e. The molecule has 33 heavy (non-hydrogen) atoms. The van der Waals surface area contributed by atoms with Crippen molar-refractivity contribution in [3.05, 3.63) is 47.3 Å². The number of allylic oxidation sites excluding steroid dienone is 2. The van der Waals surface area contributed by atoms with E-state index >= 15 is 0 Å². The van der Waals surface area contributed by atoms with E-state index in [4.69, 9.17) is 18.6 Å². The SMILES string of the molecule is CCc1c(C2=NC(CCCOCCC(C)OSC)=CC2)c2ccccc2n1C1CCCCO1. The summed E-state index contributed by atoms with van der Waals surface area (Å²) in [4.78, 5) is 5.09. The molecule has 1 saturated heterocycles. The molecule has 0 radical (unpaired) electrons. The number of para-hydroxylation sites is 1. The summed E-state index contributed by atoms with van der Waals surface area (Å²) < 4.78 is 19.9. The molecule has 0 aliphatic carbocycles. The fourth-order valence-electron chi connectivity index (χ4n) is 4.96. The first-order valence-corrected chi connectivity index (χ1v) is 13.7. The number of hydrogen-bond acceptors (Lipinski definition) is 5. The lowest BCUT2D eigenvalue weighted by Crippen LogP contribution is -2.20. The van der Waals surface area contributed by atoms with E-state index in [1.807, 2.05) is 6.26 Å². The molecule has 1 aromatic carbocycles. The molecule has 5 nitrogen and oxygen atoms in total. The van der Waals surface area contributed by atoms with Crippen LogP contribution in [0.5, 0.6) is 0 Å².